The molecule has 1 aromatic rings. The molecule has 0 aromatic heterocycles. The summed E-state index contributed by atoms with van der Waals surface area (Å²) in [4.78, 5) is 1.73. The summed E-state index contributed by atoms with van der Waals surface area (Å²) in [5, 5.41) is 9.98. The molecular weight excluding hydrogens is 416 g/mol. The van der Waals surface area contributed by atoms with Gasteiger partial charge in [-0.3, -0.25) is 0 Å². The minimum atomic E-state index is -4.47. The van der Waals surface area contributed by atoms with Crippen molar-refractivity contribution >= 4 is 0 Å². The van der Waals surface area contributed by atoms with Crippen LogP contribution >= 0.6 is 0 Å². The quantitative estimate of drug-likeness (QED) is 0.724. The number of aliphatic hydroxyl groups is 1. The standard InChI is InChI=1S/C20H19F6NO3/c21-19(22,23)14-5-1-12(2-6-14)16-27-17(30-11-18(27,9-28)10-29-16)13-3-7-15(8-4-13)20(24,25)26/h1-3,5-8,13,16-17,28H,4,9-11H2/t13?,16-,17-,18?/m0/s1. The summed E-state index contributed by atoms with van der Waals surface area (Å²) in [5.74, 6) is -0.428. The van der Waals surface area contributed by atoms with Gasteiger partial charge in [0.2, 0.25) is 0 Å². The number of benzene rings is 1. The Morgan fingerprint density at radius 1 is 1.00 bits per heavy atom. The topological polar surface area (TPSA) is 41.9 Å². The molecule has 0 saturated carbocycles. The van der Waals surface area contributed by atoms with Crippen LogP contribution in [0, 0.1) is 5.92 Å². The van der Waals surface area contributed by atoms with Gasteiger partial charge in [-0.25, -0.2) is 4.90 Å². The van der Waals surface area contributed by atoms with Gasteiger partial charge in [0.25, 0.3) is 0 Å². The molecule has 1 N–H and O–H groups in total. The Balaban J connectivity index is 1.59. The SMILES string of the molecule is OCC12CO[C@@H](c3ccc(C(F)(F)F)cc3)N1[C@H](C1C=CC(C(F)(F)F)=CC1)OC2. The number of nitrogens with zero attached hydrogens (tertiary/aromatic N) is 1. The largest absolute Gasteiger partial charge is 0.416 e. The number of alkyl halides is 6. The molecule has 2 unspecified atom stereocenters. The van der Waals surface area contributed by atoms with Gasteiger partial charge in [0, 0.05) is 5.92 Å². The van der Waals surface area contributed by atoms with Gasteiger partial charge in [0.05, 0.1) is 36.5 Å². The van der Waals surface area contributed by atoms with E-state index in [4.69, 9.17) is 9.47 Å². The van der Waals surface area contributed by atoms with Crippen LogP contribution in [0.3, 0.4) is 0 Å². The number of aliphatic hydroxyl groups excluding tert-OH is 1. The number of rotatable bonds is 3. The van der Waals surface area contributed by atoms with Crippen molar-refractivity contribution in [3.05, 3.63) is 59.2 Å². The Kier molecular flexibility index (Phi) is 5.24. The molecule has 4 nitrogen and oxygen atoms in total. The Hall–Kier alpha value is -1.88. The first-order valence-electron chi connectivity index (χ1n) is 9.30. The van der Waals surface area contributed by atoms with Gasteiger partial charge < -0.3 is 14.6 Å². The summed E-state index contributed by atoms with van der Waals surface area (Å²) in [6, 6.07) is 4.49. The Labute approximate surface area is 168 Å². The van der Waals surface area contributed by atoms with Crippen molar-refractivity contribution in [1.29, 1.82) is 0 Å². The van der Waals surface area contributed by atoms with Crippen LogP contribution in [0.1, 0.15) is 23.8 Å². The number of hydrogen-bond donors (Lipinski definition) is 1. The van der Waals surface area contributed by atoms with Gasteiger partial charge in [-0.15, -0.1) is 0 Å². The van der Waals surface area contributed by atoms with Gasteiger partial charge in [0.1, 0.15) is 12.5 Å². The fourth-order valence-electron chi connectivity index (χ4n) is 4.13. The van der Waals surface area contributed by atoms with E-state index in [1.807, 2.05) is 0 Å². The second-order valence-corrected chi connectivity index (χ2v) is 7.69. The van der Waals surface area contributed by atoms with Crippen LogP contribution in [0.5, 0.6) is 0 Å². The molecule has 2 saturated heterocycles. The van der Waals surface area contributed by atoms with Crippen molar-refractivity contribution in [3.63, 3.8) is 0 Å². The van der Waals surface area contributed by atoms with E-state index >= 15 is 0 Å². The van der Waals surface area contributed by atoms with Crippen molar-refractivity contribution in [2.24, 2.45) is 5.92 Å². The van der Waals surface area contributed by atoms with E-state index in [9.17, 15) is 31.4 Å². The molecule has 3 aliphatic rings. The monoisotopic (exact) mass is 435 g/mol. The molecule has 0 amide bonds. The molecule has 2 heterocycles. The average molecular weight is 435 g/mol. The zero-order chi connectivity index (χ0) is 21.7. The third-order valence-electron chi connectivity index (χ3n) is 5.75. The summed E-state index contributed by atoms with van der Waals surface area (Å²) in [5.41, 5.74) is -1.99. The summed E-state index contributed by atoms with van der Waals surface area (Å²) >= 11 is 0. The second kappa shape index (κ2) is 7.37. The summed E-state index contributed by atoms with van der Waals surface area (Å²) in [6.07, 6.45) is -6.79. The van der Waals surface area contributed by atoms with Crippen LogP contribution in [-0.4, -0.2) is 47.8 Å². The molecule has 4 atom stereocenters. The van der Waals surface area contributed by atoms with Crippen molar-refractivity contribution in [1.82, 2.24) is 4.90 Å². The summed E-state index contributed by atoms with van der Waals surface area (Å²) < 4.78 is 88.9. The Morgan fingerprint density at radius 2 is 1.67 bits per heavy atom. The minimum Gasteiger partial charge on any atom is -0.394 e. The third-order valence-corrected chi connectivity index (χ3v) is 5.75. The molecule has 0 bridgehead atoms. The van der Waals surface area contributed by atoms with E-state index in [0.29, 0.717) is 5.56 Å². The van der Waals surface area contributed by atoms with Gasteiger partial charge >= 0.3 is 12.4 Å². The lowest BCUT2D eigenvalue weighted by molar-refractivity contribution is -0.137. The first kappa shape index (κ1) is 21.4. The van der Waals surface area contributed by atoms with Gasteiger partial charge in [0.15, 0.2) is 0 Å². The number of hydrogen-bond acceptors (Lipinski definition) is 4. The molecule has 0 radical (unpaired) electrons. The number of halogens is 6. The normalized spacial score (nSPS) is 32.4. The summed E-state index contributed by atoms with van der Waals surface area (Å²) in [6.45, 7) is -0.127. The van der Waals surface area contributed by atoms with Crippen molar-refractivity contribution in [2.45, 2.75) is 36.8 Å². The Bertz CT molecular complexity index is 848. The molecule has 30 heavy (non-hydrogen) atoms. The van der Waals surface area contributed by atoms with Crippen molar-refractivity contribution in [3.8, 4) is 0 Å². The smallest absolute Gasteiger partial charge is 0.394 e. The molecule has 2 fully saturated rings. The first-order valence-corrected chi connectivity index (χ1v) is 9.30. The van der Waals surface area contributed by atoms with E-state index in [0.717, 1.165) is 24.3 Å². The molecule has 10 heteroatoms. The number of fused-ring (bicyclic) bond motifs is 1. The highest BCUT2D eigenvalue weighted by Crippen LogP contribution is 2.47. The lowest BCUT2D eigenvalue weighted by atomic mass is 9.92. The fraction of sp³-hybridized carbons (Fsp3) is 0.500. The zero-order valence-electron chi connectivity index (χ0n) is 15.6. The lowest BCUT2D eigenvalue weighted by Gasteiger charge is -2.36. The van der Waals surface area contributed by atoms with E-state index in [1.54, 1.807) is 4.90 Å². The average Bonchev–Trinajstić information content (AvgIpc) is 3.24. The lowest BCUT2D eigenvalue weighted by Crippen LogP contribution is -2.51. The van der Waals surface area contributed by atoms with Crippen LogP contribution in [-0.2, 0) is 15.7 Å². The maximum atomic E-state index is 12.9. The predicted molar refractivity (Wildman–Crippen MR) is 92.9 cm³/mol. The van der Waals surface area contributed by atoms with E-state index < -0.39 is 47.4 Å². The molecule has 1 aliphatic carbocycles. The van der Waals surface area contributed by atoms with Gasteiger partial charge in [-0.2, -0.15) is 26.3 Å². The van der Waals surface area contributed by atoms with Gasteiger partial charge in [-0.05, 0) is 24.1 Å². The van der Waals surface area contributed by atoms with E-state index in [2.05, 4.69) is 0 Å². The number of allylic oxidation sites excluding steroid dienone is 3. The highest BCUT2D eigenvalue weighted by molar-refractivity contribution is 5.30. The minimum absolute atomic E-state index is 0.0771. The number of ether oxygens (including phenoxy) is 2. The first-order chi connectivity index (χ1) is 14.0. The van der Waals surface area contributed by atoms with Crippen LogP contribution in [0.15, 0.2) is 48.1 Å². The molecule has 4 rings (SSSR count). The molecule has 1 aromatic carbocycles. The van der Waals surface area contributed by atoms with Crippen LogP contribution < -0.4 is 0 Å². The van der Waals surface area contributed by atoms with E-state index in [-0.39, 0.29) is 26.2 Å². The van der Waals surface area contributed by atoms with Crippen LogP contribution in [0.25, 0.3) is 0 Å². The molecule has 0 spiro atoms. The van der Waals surface area contributed by atoms with Gasteiger partial charge in [-0.1, -0.05) is 30.4 Å². The maximum absolute atomic E-state index is 12.9. The van der Waals surface area contributed by atoms with Crippen molar-refractivity contribution in [2.75, 3.05) is 19.8 Å². The third kappa shape index (κ3) is 3.66. The maximum Gasteiger partial charge on any atom is 0.416 e. The zero-order valence-corrected chi connectivity index (χ0v) is 15.6. The van der Waals surface area contributed by atoms with E-state index in [1.165, 1.54) is 18.2 Å². The fourth-order valence-corrected chi connectivity index (χ4v) is 4.13. The Morgan fingerprint density at radius 3 is 2.20 bits per heavy atom. The van der Waals surface area contributed by atoms with Crippen LogP contribution in [0.4, 0.5) is 26.3 Å². The van der Waals surface area contributed by atoms with Crippen molar-refractivity contribution < 1.29 is 40.9 Å². The molecule has 164 valence electrons. The highest BCUT2D eigenvalue weighted by atomic mass is 19.4. The highest BCUT2D eigenvalue weighted by Gasteiger charge is 2.57. The second-order valence-electron chi connectivity index (χ2n) is 7.69. The predicted octanol–water partition coefficient (Wildman–Crippen LogP) is 4.19. The van der Waals surface area contributed by atoms with Crippen LogP contribution in [0.2, 0.25) is 0 Å². The molecule has 2 aliphatic heterocycles. The molecular formula is C20H19F6NO3. The summed E-state index contributed by atoms with van der Waals surface area (Å²) in [7, 11) is 0.